The lowest BCUT2D eigenvalue weighted by molar-refractivity contribution is 0.206. The Morgan fingerprint density at radius 3 is 3.00 bits per heavy atom. The first-order chi connectivity index (χ1) is 4.93. The van der Waals surface area contributed by atoms with Gasteiger partial charge in [0.2, 0.25) is 0 Å². The van der Waals surface area contributed by atoms with Gasteiger partial charge in [-0.2, -0.15) is 0 Å². The topological polar surface area (TPSA) is 9.23 Å². The van der Waals surface area contributed by atoms with Crippen molar-refractivity contribution in [1.29, 1.82) is 0 Å². The maximum absolute atomic E-state index is 4.85. The van der Waals surface area contributed by atoms with Crippen molar-refractivity contribution in [3.63, 3.8) is 0 Å². The van der Waals surface area contributed by atoms with E-state index in [1.54, 1.807) is 7.11 Å². The molecule has 1 unspecified atom stereocenters. The van der Waals surface area contributed by atoms with Crippen LogP contribution in [0.2, 0.25) is 0 Å². The molecule has 0 saturated heterocycles. The van der Waals surface area contributed by atoms with Crippen LogP contribution in [-0.4, -0.2) is 13.7 Å². The maximum Gasteiger partial charge on any atom is 0.0571 e. The average molecular weight is 137 g/mol. The van der Waals surface area contributed by atoms with E-state index in [1.165, 1.54) is 6.42 Å². The molecule has 1 aliphatic rings. The van der Waals surface area contributed by atoms with Crippen LogP contribution in [0.1, 0.15) is 19.3 Å². The fourth-order valence-electron chi connectivity index (χ4n) is 0.708. The lowest BCUT2D eigenvalue weighted by atomic mass is 10.3. The van der Waals surface area contributed by atoms with E-state index in [0.29, 0.717) is 0 Å². The second-order valence-corrected chi connectivity index (χ2v) is 2.53. The highest BCUT2D eigenvalue weighted by molar-refractivity contribution is 5.07. The third-order valence-electron chi connectivity index (χ3n) is 1.49. The van der Waals surface area contributed by atoms with Crippen LogP contribution < -0.4 is 0 Å². The van der Waals surface area contributed by atoms with Gasteiger partial charge in [-0.25, -0.2) is 0 Å². The predicted molar refractivity (Wildman–Crippen MR) is 41.3 cm³/mol. The highest BCUT2D eigenvalue weighted by atomic mass is 16.5. The van der Waals surface area contributed by atoms with Crippen LogP contribution >= 0.6 is 0 Å². The first kappa shape index (κ1) is 7.63. The number of ether oxygens (including phenoxy) is 1. The zero-order chi connectivity index (χ0) is 7.23. The van der Waals surface area contributed by atoms with Crippen LogP contribution in [0.25, 0.3) is 0 Å². The molecule has 0 amide bonds. The Balaban J connectivity index is 1.90. The quantitative estimate of drug-likeness (QED) is 0.424. The lowest BCUT2D eigenvalue weighted by Crippen LogP contribution is -1.83. The van der Waals surface area contributed by atoms with E-state index in [1.807, 2.05) is 0 Å². The van der Waals surface area contributed by atoms with Crippen LogP contribution in [0.15, 0.2) is 0 Å². The molecule has 0 N–H and O–H groups in total. The highest BCUT2D eigenvalue weighted by Gasteiger charge is 2.19. The zero-order valence-electron chi connectivity index (χ0n) is 6.39. The summed E-state index contributed by atoms with van der Waals surface area (Å²) in [5.74, 6) is 7.00. The van der Waals surface area contributed by atoms with Crippen LogP contribution in [0.3, 0.4) is 0 Å². The second kappa shape index (κ2) is 4.35. The standard InChI is InChI=1S/C9H13O/c1-10-8-4-2-3-5-9-6-7-9/h6,9H,4-5,7-8H2,1H3. The third kappa shape index (κ3) is 3.53. The SMILES string of the molecule is COCCC#CCC1[CH]C1. The normalized spacial score (nSPS) is 16.1. The number of rotatable bonds is 3. The van der Waals surface area contributed by atoms with Gasteiger partial charge < -0.3 is 4.74 Å². The van der Waals surface area contributed by atoms with Crippen LogP contribution in [-0.2, 0) is 4.74 Å². The molecule has 1 nitrogen and oxygen atoms in total. The van der Waals surface area contributed by atoms with Crippen molar-refractivity contribution in [2.24, 2.45) is 5.92 Å². The molecule has 0 aromatic rings. The summed E-state index contributed by atoms with van der Waals surface area (Å²) in [6.07, 6.45) is 5.51. The Morgan fingerprint density at radius 1 is 1.60 bits per heavy atom. The molecule has 1 atom stereocenters. The highest BCUT2D eigenvalue weighted by Crippen LogP contribution is 2.29. The summed E-state index contributed by atoms with van der Waals surface area (Å²) in [7, 11) is 1.70. The maximum atomic E-state index is 4.85. The van der Waals surface area contributed by atoms with Gasteiger partial charge in [0.15, 0.2) is 0 Å². The summed E-state index contributed by atoms with van der Waals surface area (Å²) in [4.78, 5) is 0. The molecule has 10 heavy (non-hydrogen) atoms. The van der Waals surface area contributed by atoms with Crippen molar-refractivity contribution >= 4 is 0 Å². The Labute approximate surface area is 62.8 Å². The number of hydrogen-bond donors (Lipinski definition) is 0. The van der Waals surface area contributed by atoms with Gasteiger partial charge >= 0.3 is 0 Å². The van der Waals surface area contributed by atoms with E-state index in [2.05, 4.69) is 18.3 Å². The Hall–Kier alpha value is -0.480. The minimum absolute atomic E-state index is 0.765. The molecule has 0 spiro atoms. The van der Waals surface area contributed by atoms with Crippen molar-refractivity contribution in [2.75, 3.05) is 13.7 Å². The molecular formula is C9H13O. The number of methoxy groups -OCH3 is 1. The van der Waals surface area contributed by atoms with E-state index in [9.17, 15) is 0 Å². The van der Waals surface area contributed by atoms with E-state index in [0.717, 1.165) is 25.4 Å². The predicted octanol–water partition coefficient (Wildman–Crippen LogP) is 1.64. The Morgan fingerprint density at radius 2 is 2.40 bits per heavy atom. The van der Waals surface area contributed by atoms with Gasteiger partial charge in [0, 0.05) is 20.0 Å². The molecule has 1 heteroatoms. The van der Waals surface area contributed by atoms with Gasteiger partial charge in [0.05, 0.1) is 6.61 Å². The van der Waals surface area contributed by atoms with Gasteiger partial charge in [-0.15, -0.1) is 11.8 Å². The van der Waals surface area contributed by atoms with E-state index >= 15 is 0 Å². The second-order valence-electron chi connectivity index (χ2n) is 2.53. The van der Waals surface area contributed by atoms with Crippen LogP contribution in [0.4, 0.5) is 0 Å². The van der Waals surface area contributed by atoms with Gasteiger partial charge in [0.25, 0.3) is 0 Å². The molecule has 1 radical (unpaired) electrons. The summed E-state index contributed by atoms with van der Waals surface area (Å²) in [5.41, 5.74) is 0. The van der Waals surface area contributed by atoms with Crippen molar-refractivity contribution in [3.8, 4) is 11.8 Å². The molecular weight excluding hydrogens is 124 g/mol. The Bertz CT molecular complexity index is 137. The van der Waals surface area contributed by atoms with Crippen molar-refractivity contribution in [1.82, 2.24) is 0 Å². The van der Waals surface area contributed by atoms with Gasteiger partial charge in [-0.05, 0) is 18.8 Å². The van der Waals surface area contributed by atoms with Crippen LogP contribution in [0.5, 0.6) is 0 Å². The zero-order valence-corrected chi connectivity index (χ0v) is 6.39. The lowest BCUT2D eigenvalue weighted by Gasteiger charge is -1.86. The van der Waals surface area contributed by atoms with Crippen molar-refractivity contribution < 1.29 is 4.74 Å². The summed E-state index contributed by atoms with van der Waals surface area (Å²) in [6.45, 7) is 0.765. The van der Waals surface area contributed by atoms with Gasteiger partial charge in [0.1, 0.15) is 0 Å². The first-order valence-electron chi connectivity index (χ1n) is 3.71. The average Bonchev–Trinajstić information content (AvgIpc) is 2.71. The number of hydrogen-bond acceptors (Lipinski definition) is 1. The summed E-state index contributed by atoms with van der Waals surface area (Å²) >= 11 is 0. The van der Waals surface area contributed by atoms with Crippen molar-refractivity contribution in [3.05, 3.63) is 6.42 Å². The summed E-state index contributed by atoms with van der Waals surface area (Å²) in [5, 5.41) is 0. The summed E-state index contributed by atoms with van der Waals surface area (Å²) < 4.78 is 4.85. The molecule has 1 saturated carbocycles. The molecule has 0 bridgehead atoms. The minimum atomic E-state index is 0.765. The summed E-state index contributed by atoms with van der Waals surface area (Å²) in [6, 6.07) is 0. The molecule has 55 valence electrons. The molecule has 0 aromatic heterocycles. The molecule has 1 fully saturated rings. The van der Waals surface area contributed by atoms with Crippen molar-refractivity contribution in [2.45, 2.75) is 19.3 Å². The minimum Gasteiger partial charge on any atom is -0.384 e. The van der Waals surface area contributed by atoms with E-state index < -0.39 is 0 Å². The molecule has 1 rings (SSSR count). The molecule has 0 aromatic carbocycles. The molecule has 0 aliphatic heterocycles. The molecule has 1 aliphatic carbocycles. The Kier molecular flexibility index (Phi) is 3.32. The largest absolute Gasteiger partial charge is 0.384 e. The van der Waals surface area contributed by atoms with E-state index in [4.69, 9.17) is 4.74 Å². The molecule has 0 heterocycles. The first-order valence-corrected chi connectivity index (χ1v) is 3.71. The third-order valence-corrected chi connectivity index (χ3v) is 1.49. The monoisotopic (exact) mass is 137 g/mol. The van der Waals surface area contributed by atoms with Gasteiger partial charge in [-0.3, -0.25) is 0 Å². The van der Waals surface area contributed by atoms with Crippen LogP contribution in [0, 0.1) is 24.2 Å². The van der Waals surface area contributed by atoms with E-state index in [-0.39, 0.29) is 0 Å². The fourth-order valence-corrected chi connectivity index (χ4v) is 0.708. The smallest absolute Gasteiger partial charge is 0.0571 e. The van der Waals surface area contributed by atoms with Gasteiger partial charge in [-0.1, -0.05) is 0 Å². The fraction of sp³-hybridized carbons (Fsp3) is 0.667.